The van der Waals surface area contributed by atoms with Gasteiger partial charge in [0.25, 0.3) is 0 Å². The number of anilines is 2. The zero-order chi connectivity index (χ0) is 14.6. The van der Waals surface area contributed by atoms with Crippen LogP contribution >= 0.6 is 22.9 Å². The number of nitrogens with zero attached hydrogens (tertiary/aromatic N) is 2. The molecule has 21 heavy (non-hydrogen) atoms. The molecule has 0 bridgehead atoms. The predicted molar refractivity (Wildman–Crippen MR) is 88.5 cm³/mol. The molecule has 7 heteroatoms. The van der Waals surface area contributed by atoms with Crippen LogP contribution in [0, 0.1) is 0 Å². The minimum atomic E-state index is 0.286. The second-order valence-corrected chi connectivity index (χ2v) is 6.38. The summed E-state index contributed by atoms with van der Waals surface area (Å²) in [5, 5.41) is 1.79. The van der Waals surface area contributed by atoms with Crippen LogP contribution in [0.25, 0.3) is 32.2 Å². The molecule has 0 spiro atoms. The van der Waals surface area contributed by atoms with E-state index in [1.54, 1.807) is 6.20 Å². The molecule has 1 aromatic carbocycles. The third-order valence-electron chi connectivity index (χ3n) is 3.38. The summed E-state index contributed by atoms with van der Waals surface area (Å²) in [7, 11) is 0. The van der Waals surface area contributed by atoms with Gasteiger partial charge in [-0.15, -0.1) is 11.3 Å². The Morgan fingerprint density at radius 1 is 1.19 bits per heavy atom. The van der Waals surface area contributed by atoms with Crippen molar-refractivity contribution in [1.82, 2.24) is 15.0 Å². The fourth-order valence-corrected chi connectivity index (χ4v) is 3.61. The smallest absolute Gasteiger partial charge is 0.199 e. The molecule has 5 nitrogen and oxygen atoms in total. The van der Waals surface area contributed by atoms with Crippen molar-refractivity contribution in [3.8, 4) is 10.4 Å². The lowest BCUT2D eigenvalue weighted by atomic mass is 10.1. The van der Waals surface area contributed by atoms with Crippen LogP contribution < -0.4 is 11.5 Å². The summed E-state index contributed by atoms with van der Waals surface area (Å²) >= 11 is 7.55. The Morgan fingerprint density at radius 2 is 2.05 bits per heavy atom. The molecule has 0 unspecified atom stereocenters. The Balaban J connectivity index is 2.18. The van der Waals surface area contributed by atoms with Crippen molar-refractivity contribution in [2.24, 2.45) is 0 Å². The van der Waals surface area contributed by atoms with E-state index in [2.05, 4.69) is 15.0 Å². The highest BCUT2D eigenvalue weighted by molar-refractivity contribution is 7.19. The van der Waals surface area contributed by atoms with E-state index in [1.807, 2.05) is 24.3 Å². The van der Waals surface area contributed by atoms with Crippen LogP contribution in [0.15, 0.2) is 30.5 Å². The normalized spacial score (nSPS) is 11.5. The summed E-state index contributed by atoms with van der Waals surface area (Å²) < 4.78 is 0.738. The predicted octanol–water partition coefficient (Wildman–Crippen LogP) is 3.66. The van der Waals surface area contributed by atoms with Gasteiger partial charge in [0.1, 0.15) is 5.82 Å². The molecule has 0 aliphatic rings. The molecular weight excluding hydrogens is 306 g/mol. The average Bonchev–Trinajstić information content (AvgIpc) is 3.05. The minimum absolute atomic E-state index is 0.286. The van der Waals surface area contributed by atoms with Crippen molar-refractivity contribution in [2.75, 3.05) is 11.5 Å². The maximum Gasteiger partial charge on any atom is 0.199 e. The lowest BCUT2D eigenvalue weighted by Crippen LogP contribution is -2.01. The third-order valence-corrected chi connectivity index (χ3v) is 4.65. The molecule has 3 heterocycles. The summed E-state index contributed by atoms with van der Waals surface area (Å²) in [6, 6.07) is 7.77. The number of halogens is 1. The summed E-state index contributed by atoms with van der Waals surface area (Å²) in [6.07, 6.45) is 1.76. The first-order valence-electron chi connectivity index (χ1n) is 6.21. The molecular formula is C14H10ClN5S. The number of rotatable bonds is 1. The van der Waals surface area contributed by atoms with Gasteiger partial charge in [-0.25, -0.2) is 0 Å². The average molecular weight is 316 g/mol. The van der Waals surface area contributed by atoms with Gasteiger partial charge in [0.2, 0.25) is 0 Å². The third kappa shape index (κ3) is 1.84. The molecule has 0 atom stereocenters. The molecule has 0 saturated heterocycles. The number of nitrogen functional groups attached to an aromatic ring is 2. The highest BCUT2D eigenvalue weighted by Gasteiger charge is 2.15. The van der Waals surface area contributed by atoms with Gasteiger partial charge < -0.3 is 16.5 Å². The van der Waals surface area contributed by atoms with Gasteiger partial charge in [-0.1, -0.05) is 11.6 Å². The highest BCUT2D eigenvalue weighted by Crippen LogP contribution is 2.39. The molecule has 0 amide bonds. The van der Waals surface area contributed by atoms with E-state index >= 15 is 0 Å². The van der Waals surface area contributed by atoms with Gasteiger partial charge in [-0.2, -0.15) is 4.98 Å². The first-order valence-corrected chi connectivity index (χ1v) is 7.41. The molecule has 3 aromatic heterocycles. The maximum absolute atomic E-state index is 6.04. The number of benzene rings is 1. The molecule has 5 N–H and O–H groups in total. The Hall–Kier alpha value is -2.31. The second kappa shape index (κ2) is 4.34. The number of thiophene rings is 1. The maximum atomic E-state index is 6.04. The number of nitrogens with one attached hydrogen (secondary N) is 1. The highest BCUT2D eigenvalue weighted by atomic mass is 35.5. The van der Waals surface area contributed by atoms with Crippen molar-refractivity contribution in [3.05, 3.63) is 34.8 Å². The SMILES string of the molecule is Nc1nc(N)c2c(cc(-c3ccc(Cl)s3)c3nccc32)[nH]1. The fourth-order valence-electron chi connectivity index (χ4n) is 2.55. The molecule has 0 aliphatic heterocycles. The number of hydrogen-bond acceptors (Lipinski definition) is 5. The van der Waals surface area contributed by atoms with Crippen LogP contribution in [0.5, 0.6) is 0 Å². The largest absolute Gasteiger partial charge is 0.383 e. The zero-order valence-electron chi connectivity index (χ0n) is 10.7. The summed E-state index contributed by atoms with van der Waals surface area (Å²) in [5.41, 5.74) is 14.5. The van der Waals surface area contributed by atoms with Crippen molar-refractivity contribution in [1.29, 1.82) is 0 Å². The van der Waals surface area contributed by atoms with Crippen molar-refractivity contribution >= 4 is 56.5 Å². The first kappa shape index (κ1) is 12.4. The zero-order valence-corrected chi connectivity index (χ0v) is 12.3. The van der Waals surface area contributed by atoms with Crippen LogP contribution in [0.3, 0.4) is 0 Å². The Bertz CT molecular complexity index is 988. The van der Waals surface area contributed by atoms with Crippen molar-refractivity contribution < 1.29 is 0 Å². The monoisotopic (exact) mass is 315 g/mol. The summed E-state index contributed by atoms with van der Waals surface area (Å²) in [4.78, 5) is 12.7. The number of aromatic amines is 1. The first-order chi connectivity index (χ1) is 10.1. The number of hydrogen-bond donors (Lipinski definition) is 3. The van der Waals surface area contributed by atoms with E-state index in [-0.39, 0.29) is 5.95 Å². The van der Waals surface area contributed by atoms with Crippen LogP contribution in [0.2, 0.25) is 4.34 Å². The quantitative estimate of drug-likeness (QED) is 0.499. The van der Waals surface area contributed by atoms with Crippen LogP contribution in [-0.4, -0.2) is 15.0 Å². The Morgan fingerprint density at radius 3 is 2.81 bits per heavy atom. The van der Waals surface area contributed by atoms with E-state index in [4.69, 9.17) is 23.1 Å². The van der Waals surface area contributed by atoms with Gasteiger partial charge in [0.05, 0.1) is 15.4 Å². The van der Waals surface area contributed by atoms with E-state index in [0.29, 0.717) is 5.82 Å². The fraction of sp³-hybridized carbons (Fsp3) is 0. The minimum Gasteiger partial charge on any atom is -0.383 e. The molecule has 0 radical (unpaired) electrons. The lowest BCUT2D eigenvalue weighted by Gasteiger charge is -2.08. The number of H-pyrrole nitrogens is 1. The molecule has 0 aliphatic carbocycles. The van der Waals surface area contributed by atoms with E-state index in [1.165, 1.54) is 11.3 Å². The second-order valence-electron chi connectivity index (χ2n) is 4.66. The molecule has 0 saturated carbocycles. The van der Waals surface area contributed by atoms with Gasteiger partial charge in [-0.3, -0.25) is 4.98 Å². The van der Waals surface area contributed by atoms with Crippen molar-refractivity contribution in [3.63, 3.8) is 0 Å². The number of fused-ring (bicyclic) bond motifs is 3. The van der Waals surface area contributed by atoms with Crippen molar-refractivity contribution in [2.45, 2.75) is 0 Å². The molecule has 4 rings (SSSR count). The standard InChI is InChI=1S/C14H10ClN5S/c15-10-2-1-9(21-10)7-5-8-11(6-3-4-18-12(6)7)13(16)20-14(17)19-8/h1-5H,16H2,(H3,17,19,20). The number of nitrogens with two attached hydrogens (primary N) is 2. The molecule has 104 valence electrons. The number of aromatic nitrogens is 3. The topological polar surface area (TPSA) is 93.6 Å². The van der Waals surface area contributed by atoms with Gasteiger partial charge in [0, 0.05) is 27.4 Å². The molecule has 4 aromatic rings. The van der Waals surface area contributed by atoms with Gasteiger partial charge >= 0.3 is 0 Å². The Labute approximate surface area is 128 Å². The van der Waals surface area contributed by atoms with E-state index in [9.17, 15) is 0 Å². The van der Waals surface area contributed by atoms with Gasteiger partial charge in [-0.05, 0) is 24.3 Å². The van der Waals surface area contributed by atoms with E-state index in [0.717, 1.165) is 36.6 Å². The van der Waals surface area contributed by atoms with Gasteiger partial charge in [0.15, 0.2) is 5.95 Å². The van der Waals surface area contributed by atoms with E-state index < -0.39 is 0 Å². The lowest BCUT2D eigenvalue weighted by molar-refractivity contribution is 1.25. The Kier molecular flexibility index (Phi) is 2.57. The molecule has 0 fully saturated rings. The summed E-state index contributed by atoms with van der Waals surface area (Å²) in [5.74, 6) is 0.684. The summed E-state index contributed by atoms with van der Waals surface area (Å²) in [6.45, 7) is 0. The van der Waals surface area contributed by atoms with Crippen LogP contribution in [0.4, 0.5) is 11.8 Å². The van der Waals surface area contributed by atoms with Crippen LogP contribution in [-0.2, 0) is 0 Å². The van der Waals surface area contributed by atoms with Crippen LogP contribution in [0.1, 0.15) is 0 Å².